The molecule has 0 saturated heterocycles. The molecule has 3 rings (SSSR count). The van der Waals surface area contributed by atoms with E-state index >= 15 is 0 Å². The Kier molecular flexibility index (Phi) is 4.71. The summed E-state index contributed by atoms with van der Waals surface area (Å²) in [6.45, 7) is 2.55. The first kappa shape index (κ1) is 16.1. The molecule has 0 amide bonds. The van der Waals surface area contributed by atoms with Crippen LogP contribution in [0.25, 0.3) is 0 Å². The lowest BCUT2D eigenvalue weighted by molar-refractivity contribution is -0.116. The number of hydrogen-bond acceptors (Lipinski definition) is 5. The third-order valence-corrected chi connectivity index (χ3v) is 4.75. The highest BCUT2D eigenvalue weighted by molar-refractivity contribution is 7.99. The Morgan fingerprint density at radius 1 is 1.43 bits per heavy atom. The van der Waals surface area contributed by atoms with Gasteiger partial charge in [-0.3, -0.25) is 9.59 Å². The summed E-state index contributed by atoms with van der Waals surface area (Å²) in [5, 5.41) is 0. The summed E-state index contributed by atoms with van der Waals surface area (Å²) in [7, 11) is 0. The smallest absolute Gasteiger partial charge is 0.203 e. The van der Waals surface area contributed by atoms with Crippen molar-refractivity contribution in [2.45, 2.75) is 24.7 Å². The second-order valence-electron chi connectivity index (χ2n) is 5.40. The lowest BCUT2D eigenvalue weighted by Crippen LogP contribution is -2.18. The van der Waals surface area contributed by atoms with E-state index in [2.05, 4.69) is 0 Å². The van der Waals surface area contributed by atoms with Gasteiger partial charge < -0.3 is 9.47 Å². The largest absolute Gasteiger partial charge is 0.501 e. The van der Waals surface area contributed by atoms with Gasteiger partial charge in [-0.1, -0.05) is 0 Å². The minimum atomic E-state index is -0.464. The van der Waals surface area contributed by atoms with Crippen molar-refractivity contribution in [1.29, 1.82) is 0 Å². The number of thioether (sulfide) groups is 1. The maximum Gasteiger partial charge on any atom is 0.203 e. The molecule has 0 spiro atoms. The predicted octanol–water partition coefficient (Wildman–Crippen LogP) is 3.39. The molecule has 1 fully saturated rings. The average molecular weight is 336 g/mol. The normalized spacial score (nSPS) is 17.2. The van der Waals surface area contributed by atoms with E-state index in [0.717, 1.165) is 12.8 Å². The number of Topliss-reactive ketones (excluding diaryl/α,β-unsaturated/α-hetero) is 2. The highest BCUT2D eigenvalue weighted by Gasteiger charge is 2.36. The van der Waals surface area contributed by atoms with Crippen molar-refractivity contribution >= 4 is 23.3 Å². The fourth-order valence-corrected chi connectivity index (χ4v) is 3.26. The Morgan fingerprint density at radius 2 is 2.22 bits per heavy atom. The molecular weight excluding hydrogens is 319 g/mol. The molecule has 4 nitrogen and oxygen atoms in total. The van der Waals surface area contributed by atoms with Crippen LogP contribution in [-0.2, 0) is 9.53 Å². The Morgan fingerprint density at radius 3 is 2.91 bits per heavy atom. The molecule has 0 radical (unpaired) electrons. The standard InChI is InChI=1S/C17H17FO4S/c1-2-21-9-12(14(19)10-3-4-10)15(20)11-5-6-13(18)17-16(11)22-7-8-23-17/h5-6,9-10H,2-4,7-8H2,1H3. The van der Waals surface area contributed by atoms with E-state index in [1.807, 2.05) is 0 Å². The van der Waals surface area contributed by atoms with Crippen LogP contribution >= 0.6 is 11.8 Å². The summed E-state index contributed by atoms with van der Waals surface area (Å²) in [5.74, 6) is -0.317. The third-order valence-electron chi connectivity index (χ3n) is 3.71. The number of ether oxygens (including phenoxy) is 2. The van der Waals surface area contributed by atoms with Crippen LogP contribution in [0.3, 0.4) is 0 Å². The zero-order chi connectivity index (χ0) is 16.4. The van der Waals surface area contributed by atoms with Crippen molar-refractivity contribution in [2.24, 2.45) is 5.92 Å². The van der Waals surface area contributed by atoms with Crippen LogP contribution in [0, 0.1) is 11.7 Å². The van der Waals surface area contributed by atoms with E-state index in [4.69, 9.17) is 9.47 Å². The van der Waals surface area contributed by atoms with E-state index in [0.29, 0.717) is 23.9 Å². The number of fused-ring (bicyclic) bond motifs is 1. The van der Waals surface area contributed by atoms with Crippen LogP contribution < -0.4 is 4.74 Å². The Hall–Kier alpha value is -1.82. The molecule has 0 N–H and O–H groups in total. The minimum absolute atomic E-state index is 0.0160. The second kappa shape index (κ2) is 6.74. The summed E-state index contributed by atoms with van der Waals surface area (Å²) in [6.07, 6.45) is 2.82. The van der Waals surface area contributed by atoms with Crippen molar-refractivity contribution < 1.29 is 23.5 Å². The first-order valence-corrected chi connectivity index (χ1v) is 8.60. The average Bonchev–Trinajstić information content (AvgIpc) is 3.40. The minimum Gasteiger partial charge on any atom is -0.501 e. The fraction of sp³-hybridized carbons (Fsp3) is 0.412. The molecule has 0 atom stereocenters. The number of halogens is 1. The van der Waals surface area contributed by atoms with Gasteiger partial charge in [-0.15, -0.1) is 11.8 Å². The van der Waals surface area contributed by atoms with Crippen LogP contribution in [0.15, 0.2) is 28.9 Å². The first-order valence-electron chi connectivity index (χ1n) is 7.62. The van der Waals surface area contributed by atoms with E-state index < -0.39 is 11.6 Å². The van der Waals surface area contributed by atoms with Gasteiger partial charge in [-0.05, 0) is 31.9 Å². The maximum absolute atomic E-state index is 13.9. The number of carbonyl (C=O) groups is 2. The molecule has 1 heterocycles. The molecule has 1 aromatic rings. The van der Waals surface area contributed by atoms with E-state index in [-0.39, 0.29) is 28.6 Å². The lowest BCUT2D eigenvalue weighted by atomic mass is 9.98. The van der Waals surface area contributed by atoms with Gasteiger partial charge in [-0.2, -0.15) is 0 Å². The summed E-state index contributed by atoms with van der Waals surface area (Å²) < 4.78 is 24.6. The highest BCUT2D eigenvalue weighted by atomic mass is 32.2. The SMILES string of the molecule is CCOC=C(C(=O)c1ccc(F)c2c1OCCS2)C(=O)C1CC1. The Bertz CT molecular complexity index is 679. The Balaban J connectivity index is 1.98. The van der Waals surface area contributed by atoms with Crippen molar-refractivity contribution in [3.8, 4) is 5.75 Å². The van der Waals surface area contributed by atoms with Crippen LogP contribution in [-0.4, -0.2) is 30.5 Å². The third kappa shape index (κ3) is 3.27. The topological polar surface area (TPSA) is 52.6 Å². The zero-order valence-corrected chi connectivity index (χ0v) is 13.6. The number of carbonyl (C=O) groups excluding carboxylic acids is 2. The van der Waals surface area contributed by atoms with Gasteiger partial charge in [0.25, 0.3) is 0 Å². The molecule has 0 aromatic heterocycles. The van der Waals surface area contributed by atoms with Gasteiger partial charge >= 0.3 is 0 Å². The zero-order valence-electron chi connectivity index (χ0n) is 12.8. The molecule has 23 heavy (non-hydrogen) atoms. The highest BCUT2D eigenvalue weighted by Crippen LogP contribution is 2.40. The summed E-state index contributed by atoms with van der Waals surface area (Å²) >= 11 is 1.32. The molecule has 1 aliphatic heterocycles. The maximum atomic E-state index is 13.9. The molecule has 122 valence electrons. The molecule has 1 aromatic carbocycles. The molecule has 1 saturated carbocycles. The molecule has 0 bridgehead atoms. The predicted molar refractivity (Wildman–Crippen MR) is 84.4 cm³/mol. The lowest BCUT2D eigenvalue weighted by Gasteiger charge is -2.20. The molecule has 1 aliphatic carbocycles. The van der Waals surface area contributed by atoms with Gasteiger partial charge in [0.1, 0.15) is 17.1 Å². The molecular formula is C17H17FO4S. The van der Waals surface area contributed by atoms with E-state index in [9.17, 15) is 14.0 Å². The molecule has 6 heteroatoms. The van der Waals surface area contributed by atoms with Crippen molar-refractivity contribution in [3.05, 3.63) is 35.3 Å². The van der Waals surface area contributed by atoms with Gasteiger partial charge in [0, 0.05) is 11.7 Å². The summed E-state index contributed by atoms with van der Waals surface area (Å²) in [4.78, 5) is 25.5. The van der Waals surface area contributed by atoms with Gasteiger partial charge in [-0.25, -0.2) is 4.39 Å². The monoisotopic (exact) mass is 336 g/mol. The number of rotatable bonds is 6. The molecule has 0 unspecified atom stereocenters. The quantitative estimate of drug-likeness (QED) is 0.262. The van der Waals surface area contributed by atoms with Gasteiger partial charge in [0.2, 0.25) is 5.78 Å². The molecule has 2 aliphatic rings. The fourth-order valence-electron chi connectivity index (χ4n) is 2.38. The van der Waals surface area contributed by atoms with Crippen molar-refractivity contribution in [2.75, 3.05) is 19.0 Å². The van der Waals surface area contributed by atoms with Crippen LogP contribution in [0.4, 0.5) is 4.39 Å². The van der Waals surface area contributed by atoms with Gasteiger partial charge in [0.15, 0.2) is 5.78 Å². The van der Waals surface area contributed by atoms with E-state index in [1.165, 1.54) is 30.2 Å². The summed E-state index contributed by atoms with van der Waals surface area (Å²) in [5.41, 5.74) is 0.232. The van der Waals surface area contributed by atoms with E-state index in [1.54, 1.807) is 6.92 Å². The number of ketones is 2. The number of benzene rings is 1. The van der Waals surface area contributed by atoms with Gasteiger partial charge in [0.05, 0.1) is 29.9 Å². The number of hydrogen-bond donors (Lipinski definition) is 0. The second-order valence-corrected chi connectivity index (χ2v) is 6.51. The summed E-state index contributed by atoms with van der Waals surface area (Å²) in [6, 6.07) is 2.62. The van der Waals surface area contributed by atoms with Crippen LogP contribution in [0.5, 0.6) is 5.75 Å². The van der Waals surface area contributed by atoms with Crippen LogP contribution in [0.2, 0.25) is 0 Å². The first-order chi connectivity index (χ1) is 11.1. The van der Waals surface area contributed by atoms with Crippen LogP contribution in [0.1, 0.15) is 30.1 Å². The van der Waals surface area contributed by atoms with Crippen molar-refractivity contribution in [3.63, 3.8) is 0 Å². The number of allylic oxidation sites excluding steroid dienone is 1. The van der Waals surface area contributed by atoms with Crippen molar-refractivity contribution in [1.82, 2.24) is 0 Å². The Labute approximate surface area is 138 Å².